The SMILES string of the molecule is CNC(=O)c1cccc2c1Sc1ccccc1O2. The van der Waals surface area contributed by atoms with Gasteiger partial charge in [0, 0.05) is 7.05 Å². The van der Waals surface area contributed by atoms with E-state index in [0.29, 0.717) is 5.56 Å². The van der Waals surface area contributed by atoms with Crippen LogP contribution >= 0.6 is 11.8 Å². The lowest BCUT2D eigenvalue weighted by Crippen LogP contribution is -2.19. The monoisotopic (exact) mass is 257 g/mol. The highest BCUT2D eigenvalue weighted by Gasteiger charge is 2.22. The first-order valence-corrected chi connectivity index (χ1v) is 6.41. The zero-order chi connectivity index (χ0) is 12.5. The molecule has 1 amide bonds. The first-order valence-electron chi connectivity index (χ1n) is 5.59. The van der Waals surface area contributed by atoms with Crippen molar-refractivity contribution < 1.29 is 9.53 Å². The molecular weight excluding hydrogens is 246 g/mol. The second kappa shape index (κ2) is 4.38. The van der Waals surface area contributed by atoms with Crippen molar-refractivity contribution in [3.63, 3.8) is 0 Å². The summed E-state index contributed by atoms with van der Waals surface area (Å²) in [5.74, 6) is 1.48. The number of amides is 1. The third kappa shape index (κ3) is 1.75. The second-order valence-electron chi connectivity index (χ2n) is 3.86. The largest absolute Gasteiger partial charge is 0.455 e. The van der Waals surface area contributed by atoms with E-state index >= 15 is 0 Å². The molecule has 3 rings (SSSR count). The summed E-state index contributed by atoms with van der Waals surface area (Å²) in [6.45, 7) is 0. The van der Waals surface area contributed by atoms with E-state index in [1.807, 2.05) is 42.5 Å². The zero-order valence-electron chi connectivity index (χ0n) is 9.77. The molecule has 0 saturated heterocycles. The number of fused-ring (bicyclic) bond motifs is 2. The molecule has 0 fully saturated rings. The van der Waals surface area contributed by atoms with Crippen LogP contribution in [0.4, 0.5) is 0 Å². The first-order chi connectivity index (χ1) is 8.79. The van der Waals surface area contributed by atoms with Gasteiger partial charge < -0.3 is 10.1 Å². The van der Waals surface area contributed by atoms with E-state index in [9.17, 15) is 4.79 Å². The number of carbonyl (C=O) groups is 1. The van der Waals surface area contributed by atoms with Crippen LogP contribution in [0.3, 0.4) is 0 Å². The standard InChI is InChI=1S/C14H11NO2S/c1-15-14(16)9-5-4-7-11-13(9)18-12-8-3-2-6-10(12)17-11/h2-8H,1H3,(H,15,16). The summed E-state index contributed by atoms with van der Waals surface area (Å²) in [5.41, 5.74) is 0.648. The summed E-state index contributed by atoms with van der Waals surface area (Å²) in [6.07, 6.45) is 0. The molecule has 90 valence electrons. The molecule has 1 aliphatic rings. The van der Waals surface area contributed by atoms with Gasteiger partial charge in [0.1, 0.15) is 11.5 Å². The van der Waals surface area contributed by atoms with Crippen LogP contribution in [-0.4, -0.2) is 13.0 Å². The van der Waals surface area contributed by atoms with Crippen molar-refractivity contribution in [1.82, 2.24) is 5.32 Å². The van der Waals surface area contributed by atoms with Crippen LogP contribution in [0.25, 0.3) is 0 Å². The van der Waals surface area contributed by atoms with Crippen LogP contribution in [0.15, 0.2) is 52.3 Å². The molecular formula is C14H11NO2S. The van der Waals surface area contributed by atoms with E-state index < -0.39 is 0 Å². The summed E-state index contributed by atoms with van der Waals surface area (Å²) < 4.78 is 5.81. The molecule has 0 saturated carbocycles. The summed E-state index contributed by atoms with van der Waals surface area (Å²) >= 11 is 1.57. The Balaban J connectivity index is 2.10. The smallest absolute Gasteiger partial charge is 0.252 e. The summed E-state index contributed by atoms with van der Waals surface area (Å²) in [5, 5.41) is 2.65. The zero-order valence-corrected chi connectivity index (χ0v) is 10.6. The number of rotatable bonds is 1. The highest BCUT2D eigenvalue weighted by molar-refractivity contribution is 7.99. The van der Waals surface area contributed by atoms with Crippen molar-refractivity contribution in [3.8, 4) is 11.5 Å². The van der Waals surface area contributed by atoms with Gasteiger partial charge in [-0.15, -0.1) is 0 Å². The Morgan fingerprint density at radius 3 is 2.72 bits per heavy atom. The summed E-state index contributed by atoms with van der Waals surface area (Å²) in [7, 11) is 1.63. The Bertz CT molecular complexity index is 625. The van der Waals surface area contributed by atoms with E-state index in [-0.39, 0.29) is 5.91 Å². The van der Waals surface area contributed by atoms with Crippen molar-refractivity contribution in [2.75, 3.05) is 7.05 Å². The predicted molar refractivity (Wildman–Crippen MR) is 70.5 cm³/mol. The minimum atomic E-state index is -0.0951. The van der Waals surface area contributed by atoms with Gasteiger partial charge in [0.05, 0.1) is 15.4 Å². The number of carbonyl (C=O) groups excluding carboxylic acids is 1. The van der Waals surface area contributed by atoms with E-state index in [0.717, 1.165) is 21.3 Å². The molecule has 2 aromatic carbocycles. The lowest BCUT2D eigenvalue weighted by molar-refractivity contribution is 0.0959. The third-order valence-corrected chi connectivity index (χ3v) is 3.91. The Labute approximate surface area is 109 Å². The number of para-hydroxylation sites is 1. The Hall–Kier alpha value is -1.94. The van der Waals surface area contributed by atoms with Gasteiger partial charge in [0.15, 0.2) is 0 Å². The molecule has 18 heavy (non-hydrogen) atoms. The number of hydrogen-bond donors (Lipinski definition) is 1. The molecule has 0 aliphatic carbocycles. The first kappa shape index (κ1) is 11.2. The van der Waals surface area contributed by atoms with Gasteiger partial charge in [-0.2, -0.15) is 0 Å². The molecule has 0 atom stereocenters. The average Bonchev–Trinajstić information content (AvgIpc) is 2.43. The van der Waals surface area contributed by atoms with Crippen molar-refractivity contribution >= 4 is 17.7 Å². The fraction of sp³-hybridized carbons (Fsp3) is 0.0714. The summed E-state index contributed by atoms with van der Waals surface area (Å²) in [6, 6.07) is 13.3. The van der Waals surface area contributed by atoms with Crippen LogP contribution in [0.2, 0.25) is 0 Å². The fourth-order valence-corrected chi connectivity index (χ4v) is 2.92. The molecule has 1 heterocycles. The number of benzene rings is 2. The van der Waals surface area contributed by atoms with E-state index in [2.05, 4.69) is 5.32 Å². The van der Waals surface area contributed by atoms with Gasteiger partial charge in [-0.05, 0) is 24.3 Å². The maximum Gasteiger partial charge on any atom is 0.252 e. The quantitative estimate of drug-likeness (QED) is 0.727. The van der Waals surface area contributed by atoms with Gasteiger partial charge >= 0.3 is 0 Å². The maximum atomic E-state index is 11.8. The van der Waals surface area contributed by atoms with E-state index in [4.69, 9.17) is 4.74 Å². The van der Waals surface area contributed by atoms with Crippen LogP contribution in [-0.2, 0) is 0 Å². The van der Waals surface area contributed by atoms with Gasteiger partial charge in [0.2, 0.25) is 0 Å². The molecule has 0 spiro atoms. The topological polar surface area (TPSA) is 38.3 Å². The predicted octanol–water partition coefficient (Wildman–Crippen LogP) is 3.30. The van der Waals surface area contributed by atoms with Gasteiger partial charge in [-0.1, -0.05) is 30.0 Å². The minimum absolute atomic E-state index is 0.0951. The van der Waals surface area contributed by atoms with Crippen LogP contribution < -0.4 is 10.1 Å². The van der Waals surface area contributed by atoms with Crippen LogP contribution in [0.1, 0.15) is 10.4 Å². The average molecular weight is 257 g/mol. The Kier molecular flexibility index (Phi) is 2.72. The van der Waals surface area contributed by atoms with Gasteiger partial charge in [0.25, 0.3) is 5.91 Å². The van der Waals surface area contributed by atoms with Crippen molar-refractivity contribution in [2.24, 2.45) is 0 Å². The van der Waals surface area contributed by atoms with Crippen LogP contribution in [0.5, 0.6) is 11.5 Å². The highest BCUT2D eigenvalue weighted by Crippen LogP contribution is 2.48. The van der Waals surface area contributed by atoms with E-state index in [1.54, 1.807) is 18.8 Å². The molecule has 0 radical (unpaired) electrons. The molecule has 1 aliphatic heterocycles. The van der Waals surface area contributed by atoms with Gasteiger partial charge in [-0.25, -0.2) is 0 Å². The highest BCUT2D eigenvalue weighted by atomic mass is 32.2. The molecule has 3 nitrogen and oxygen atoms in total. The fourth-order valence-electron chi connectivity index (χ4n) is 1.86. The Morgan fingerprint density at radius 2 is 1.89 bits per heavy atom. The number of ether oxygens (including phenoxy) is 1. The Morgan fingerprint density at radius 1 is 1.11 bits per heavy atom. The lowest BCUT2D eigenvalue weighted by atomic mass is 10.2. The normalized spacial score (nSPS) is 12.1. The lowest BCUT2D eigenvalue weighted by Gasteiger charge is -2.21. The molecule has 0 unspecified atom stereocenters. The maximum absolute atomic E-state index is 11.8. The molecule has 1 N–H and O–H groups in total. The number of nitrogens with one attached hydrogen (secondary N) is 1. The van der Waals surface area contributed by atoms with E-state index in [1.165, 1.54) is 0 Å². The number of hydrogen-bond acceptors (Lipinski definition) is 3. The van der Waals surface area contributed by atoms with Crippen molar-refractivity contribution in [3.05, 3.63) is 48.0 Å². The van der Waals surface area contributed by atoms with Crippen molar-refractivity contribution in [2.45, 2.75) is 9.79 Å². The molecule has 0 bridgehead atoms. The summed E-state index contributed by atoms with van der Waals surface area (Å²) in [4.78, 5) is 13.7. The molecule has 4 heteroatoms. The third-order valence-electron chi connectivity index (χ3n) is 2.73. The van der Waals surface area contributed by atoms with Crippen molar-refractivity contribution in [1.29, 1.82) is 0 Å². The molecule has 0 aromatic heterocycles. The van der Waals surface area contributed by atoms with Crippen LogP contribution in [0, 0.1) is 0 Å². The van der Waals surface area contributed by atoms with Gasteiger partial charge in [-0.3, -0.25) is 4.79 Å². The second-order valence-corrected chi connectivity index (χ2v) is 4.92. The minimum Gasteiger partial charge on any atom is -0.455 e. The molecule has 2 aromatic rings.